The van der Waals surface area contributed by atoms with E-state index in [1.165, 1.54) is 0 Å². The Hall–Kier alpha value is -0.160. The molecule has 0 spiro atoms. The molecule has 1 rings (SSSR count). The summed E-state index contributed by atoms with van der Waals surface area (Å²) in [5, 5.41) is 10.5. The summed E-state index contributed by atoms with van der Waals surface area (Å²) in [7, 11) is 3.97. The fourth-order valence-corrected chi connectivity index (χ4v) is 2.73. The molecule has 5 unspecified atom stereocenters. The maximum atomic E-state index is 10.5. The Labute approximate surface area is 111 Å². The largest absolute Gasteiger partial charge is 0.389 e. The van der Waals surface area contributed by atoms with Crippen LogP contribution >= 0.6 is 0 Å². The molecular formula is C14H29NO3. The zero-order valence-electron chi connectivity index (χ0n) is 12.8. The van der Waals surface area contributed by atoms with Gasteiger partial charge in [-0.25, -0.2) is 0 Å². The molecule has 0 amide bonds. The smallest absolute Gasteiger partial charge is 0.102 e. The van der Waals surface area contributed by atoms with Crippen molar-refractivity contribution in [1.82, 2.24) is 4.90 Å². The highest BCUT2D eigenvalue weighted by Gasteiger charge is 2.46. The van der Waals surface area contributed by atoms with Crippen LogP contribution in [-0.4, -0.2) is 60.7 Å². The first-order valence-electron chi connectivity index (χ1n) is 6.91. The molecule has 1 fully saturated rings. The minimum atomic E-state index is -0.514. The molecule has 0 aliphatic carbocycles. The van der Waals surface area contributed by atoms with E-state index in [9.17, 15) is 5.11 Å². The minimum Gasteiger partial charge on any atom is -0.389 e. The van der Waals surface area contributed by atoms with Crippen LogP contribution in [-0.2, 0) is 9.47 Å². The molecule has 0 saturated carbocycles. The first-order chi connectivity index (χ1) is 8.25. The molecule has 0 aromatic carbocycles. The summed E-state index contributed by atoms with van der Waals surface area (Å²) in [6.07, 6.45) is -0.605. The number of hydrogen-bond donors (Lipinski definition) is 1. The lowest BCUT2D eigenvalue weighted by atomic mass is 9.87. The highest BCUT2D eigenvalue weighted by molar-refractivity contribution is 4.97. The maximum absolute atomic E-state index is 10.5. The average molecular weight is 259 g/mol. The van der Waals surface area contributed by atoms with Crippen LogP contribution in [0, 0.1) is 5.92 Å². The topological polar surface area (TPSA) is 41.9 Å². The number of aliphatic hydroxyl groups excluding tert-OH is 1. The van der Waals surface area contributed by atoms with E-state index < -0.39 is 6.10 Å². The van der Waals surface area contributed by atoms with Crippen LogP contribution in [0.15, 0.2) is 0 Å². The van der Waals surface area contributed by atoms with E-state index in [1.807, 2.05) is 39.8 Å². The van der Waals surface area contributed by atoms with Gasteiger partial charge >= 0.3 is 0 Å². The van der Waals surface area contributed by atoms with Gasteiger partial charge in [-0.2, -0.15) is 0 Å². The molecule has 1 aliphatic heterocycles. The van der Waals surface area contributed by atoms with Gasteiger partial charge in [-0.15, -0.1) is 0 Å². The summed E-state index contributed by atoms with van der Waals surface area (Å²) in [6.45, 7) is 10.2. The molecule has 1 aliphatic rings. The van der Waals surface area contributed by atoms with Crippen molar-refractivity contribution in [1.29, 1.82) is 0 Å². The number of nitrogens with zero attached hydrogens (tertiary/aromatic N) is 1. The van der Waals surface area contributed by atoms with Gasteiger partial charge in [0, 0.05) is 0 Å². The molecule has 1 saturated heterocycles. The monoisotopic (exact) mass is 259 g/mol. The van der Waals surface area contributed by atoms with Gasteiger partial charge in [0.2, 0.25) is 0 Å². The van der Waals surface area contributed by atoms with Crippen molar-refractivity contribution in [3.63, 3.8) is 0 Å². The number of rotatable bonds is 4. The Kier molecular flexibility index (Phi) is 5.59. The third-order valence-corrected chi connectivity index (χ3v) is 3.54. The normalized spacial score (nSPS) is 37.8. The highest BCUT2D eigenvalue weighted by atomic mass is 16.6. The van der Waals surface area contributed by atoms with Crippen molar-refractivity contribution in [2.45, 2.75) is 71.2 Å². The van der Waals surface area contributed by atoms with Crippen LogP contribution in [0.1, 0.15) is 34.6 Å². The number of aliphatic hydroxyl groups is 1. The summed E-state index contributed by atoms with van der Waals surface area (Å²) in [5.41, 5.74) is 0. The molecule has 0 aromatic rings. The van der Waals surface area contributed by atoms with Gasteiger partial charge in [-0.3, -0.25) is 0 Å². The van der Waals surface area contributed by atoms with Gasteiger partial charge in [0.1, 0.15) is 6.10 Å². The number of ether oxygens (including phenoxy) is 2. The Morgan fingerprint density at radius 2 is 1.72 bits per heavy atom. The van der Waals surface area contributed by atoms with E-state index in [2.05, 4.69) is 13.8 Å². The second-order valence-electron chi connectivity index (χ2n) is 6.14. The van der Waals surface area contributed by atoms with E-state index in [-0.39, 0.29) is 30.5 Å². The Bertz CT molecular complexity index is 255. The Morgan fingerprint density at radius 1 is 1.17 bits per heavy atom. The van der Waals surface area contributed by atoms with Gasteiger partial charge in [-0.1, -0.05) is 13.8 Å². The summed E-state index contributed by atoms with van der Waals surface area (Å²) in [6, 6.07) is -0.0245. The SMILES string of the molecule is CC(C)OC1C(C)OC(C(C)C)C(O)C1N(C)C. The molecule has 108 valence electrons. The van der Waals surface area contributed by atoms with Gasteiger partial charge in [-0.05, 0) is 40.8 Å². The zero-order chi connectivity index (χ0) is 14.0. The van der Waals surface area contributed by atoms with Crippen LogP contribution in [0.3, 0.4) is 0 Å². The highest BCUT2D eigenvalue weighted by Crippen LogP contribution is 2.30. The lowest BCUT2D eigenvalue weighted by molar-refractivity contribution is -0.227. The predicted octanol–water partition coefficient (Wildman–Crippen LogP) is 1.51. The average Bonchev–Trinajstić information content (AvgIpc) is 2.21. The van der Waals surface area contributed by atoms with Crippen LogP contribution in [0.4, 0.5) is 0 Å². The lowest BCUT2D eigenvalue weighted by Crippen LogP contribution is -2.63. The van der Waals surface area contributed by atoms with Gasteiger partial charge in [0.25, 0.3) is 0 Å². The van der Waals surface area contributed by atoms with Crippen molar-refractivity contribution < 1.29 is 14.6 Å². The van der Waals surface area contributed by atoms with Crippen LogP contribution in [0.2, 0.25) is 0 Å². The fraction of sp³-hybridized carbons (Fsp3) is 1.00. The van der Waals surface area contributed by atoms with Crippen LogP contribution in [0.25, 0.3) is 0 Å². The molecule has 0 bridgehead atoms. The molecule has 5 atom stereocenters. The van der Waals surface area contributed by atoms with Crippen molar-refractivity contribution >= 4 is 0 Å². The summed E-state index contributed by atoms with van der Waals surface area (Å²) >= 11 is 0. The second-order valence-corrected chi connectivity index (χ2v) is 6.14. The molecule has 18 heavy (non-hydrogen) atoms. The quantitative estimate of drug-likeness (QED) is 0.831. The van der Waals surface area contributed by atoms with Gasteiger partial charge in [0.15, 0.2) is 0 Å². The first kappa shape index (κ1) is 15.9. The van der Waals surface area contributed by atoms with Crippen LogP contribution < -0.4 is 0 Å². The molecular weight excluding hydrogens is 230 g/mol. The van der Waals surface area contributed by atoms with Crippen molar-refractivity contribution in [2.24, 2.45) is 5.92 Å². The lowest BCUT2D eigenvalue weighted by Gasteiger charge is -2.48. The standard InChI is InChI=1S/C14H29NO3/c1-8(2)13-12(16)11(15(6)7)14(10(5)18-13)17-9(3)4/h8-14,16H,1-7H3. The van der Waals surface area contributed by atoms with E-state index in [0.29, 0.717) is 5.92 Å². The number of hydrogen-bond acceptors (Lipinski definition) is 4. The third-order valence-electron chi connectivity index (χ3n) is 3.54. The fourth-order valence-electron chi connectivity index (χ4n) is 2.73. The number of likely N-dealkylation sites (N-methyl/N-ethyl adjacent to an activating group) is 1. The predicted molar refractivity (Wildman–Crippen MR) is 72.7 cm³/mol. The molecule has 4 heteroatoms. The summed E-state index contributed by atoms with van der Waals surface area (Å²) < 4.78 is 11.9. The second kappa shape index (κ2) is 6.33. The molecule has 0 aromatic heterocycles. The Morgan fingerprint density at radius 3 is 2.11 bits per heavy atom. The summed E-state index contributed by atoms with van der Waals surface area (Å²) in [5.74, 6) is 0.296. The van der Waals surface area contributed by atoms with Crippen LogP contribution in [0.5, 0.6) is 0 Å². The van der Waals surface area contributed by atoms with E-state index in [0.717, 1.165) is 0 Å². The van der Waals surface area contributed by atoms with Crippen molar-refractivity contribution in [3.8, 4) is 0 Å². The molecule has 1 N–H and O–H groups in total. The molecule has 1 heterocycles. The van der Waals surface area contributed by atoms with E-state index in [1.54, 1.807) is 0 Å². The zero-order valence-corrected chi connectivity index (χ0v) is 12.8. The minimum absolute atomic E-state index is 0.00407. The van der Waals surface area contributed by atoms with Crippen molar-refractivity contribution in [2.75, 3.05) is 14.1 Å². The maximum Gasteiger partial charge on any atom is 0.102 e. The third kappa shape index (κ3) is 3.44. The summed E-state index contributed by atoms with van der Waals surface area (Å²) in [4.78, 5) is 2.05. The van der Waals surface area contributed by atoms with E-state index in [4.69, 9.17) is 9.47 Å². The van der Waals surface area contributed by atoms with E-state index >= 15 is 0 Å². The first-order valence-corrected chi connectivity index (χ1v) is 6.91. The molecule has 4 nitrogen and oxygen atoms in total. The van der Waals surface area contributed by atoms with Crippen molar-refractivity contribution in [3.05, 3.63) is 0 Å². The van der Waals surface area contributed by atoms with Gasteiger partial charge in [0.05, 0.1) is 30.5 Å². The van der Waals surface area contributed by atoms with Gasteiger partial charge < -0.3 is 19.5 Å². The molecule has 0 radical (unpaired) electrons. The Balaban J connectivity index is 2.91.